The van der Waals surface area contributed by atoms with E-state index < -0.39 is 0 Å². The van der Waals surface area contributed by atoms with Crippen LogP contribution in [0.25, 0.3) is 0 Å². The summed E-state index contributed by atoms with van der Waals surface area (Å²) in [6.45, 7) is 8.11. The van der Waals surface area contributed by atoms with Crippen LogP contribution in [0.1, 0.15) is 50.0 Å². The average molecular weight is 232 g/mol. The smallest absolute Gasteiger partial charge is 0.168 e. The van der Waals surface area contributed by atoms with Gasteiger partial charge in [0.15, 0.2) is 5.78 Å². The van der Waals surface area contributed by atoms with Crippen molar-refractivity contribution in [2.75, 3.05) is 0 Å². The minimum atomic E-state index is -0.278. The van der Waals surface area contributed by atoms with Crippen molar-refractivity contribution in [3.8, 4) is 5.75 Å². The summed E-state index contributed by atoms with van der Waals surface area (Å²) >= 11 is 0. The van der Waals surface area contributed by atoms with E-state index in [1.54, 1.807) is 0 Å². The van der Waals surface area contributed by atoms with E-state index in [0.717, 1.165) is 29.7 Å². The Balaban J connectivity index is 2.31. The molecule has 1 aromatic carbocycles. The maximum Gasteiger partial charge on any atom is 0.168 e. The number of fused-ring (bicyclic) bond motifs is 1. The van der Waals surface area contributed by atoms with Crippen molar-refractivity contribution >= 4 is 5.78 Å². The van der Waals surface area contributed by atoms with Gasteiger partial charge < -0.3 is 4.74 Å². The third-order valence-corrected chi connectivity index (χ3v) is 3.66. The molecule has 1 heterocycles. The lowest BCUT2D eigenvalue weighted by molar-refractivity contribution is 0.0833. The molecule has 0 radical (unpaired) electrons. The zero-order valence-corrected chi connectivity index (χ0v) is 11.0. The van der Waals surface area contributed by atoms with Crippen molar-refractivity contribution in [3.05, 3.63) is 29.3 Å². The predicted molar refractivity (Wildman–Crippen MR) is 68.6 cm³/mol. The second kappa shape index (κ2) is 4.17. The van der Waals surface area contributed by atoms with Gasteiger partial charge in [-0.25, -0.2) is 0 Å². The number of carbonyl (C=O) groups is 1. The van der Waals surface area contributed by atoms with Gasteiger partial charge in [-0.15, -0.1) is 0 Å². The van der Waals surface area contributed by atoms with Gasteiger partial charge in [0.2, 0.25) is 0 Å². The summed E-state index contributed by atoms with van der Waals surface area (Å²) in [6.07, 6.45) is 1.99. The summed E-state index contributed by atoms with van der Waals surface area (Å²) in [4.78, 5) is 12.3. The highest BCUT2D eigenvalue weighted by atomic mass is 16.5. The molecule has 1 aliphatic heterocycles. The molecule has 0 saturated heterocycles. The molecular formula is C15H20O2. The second-order valence-corrected chi connectivity index (χ2v) is 5.52. The highest BCUT2D eigenvalue weighted by Crippen LogP contribution is 2.32. The molecule has 0 aliphatic carbocycles. The highest BCUT2D eigenvalue weighted by Gasteiger charge is 2.28. The standard InChI is InChI=1S/C15H20O2/c1-5-15(3,4)14(16)11-6-7-13-12(9-11)8-10(2)17-13/h6-7,9-10H,5,8H2,1-4H3. The SMILES string of the molecule is CCC(C)(C)C(=O)c1ccc2c(c1)CC(C)O2. The number of rotatable bonds is 3. The molecule has 17 heavy (non-hydrogen) atoms. The van der Waals surface area contributed by atoms with Gasteiger partial charge in [-0.2, -0.15) is 0 Å². The number of hydrogen-bond acceptors (Lipinski definition) is 2. The lowest BCUT2D eigenvalue weighted by Gasteiger charge is -2.21. The molecule has 0 aromatic heterocycles. The minimum Gasteiger partial charge on any atom is -0.490 e. The molecular weight excluding hydrogens is 212 g/mol. The van der Waals surface area contributed by atoms with E-state index in [1.165, 1.54) is 0 Å². The van der Waals surface area contributed by atoms with Crippen LogP contribution < -0.4 is 4.74 Å². The molecule has 0 amide bonds. The van der Waals surface area contributed by atoms with E-state index >= 15 is 0 Å². The van der Waals surface area contributed by atoms with Crippen LogP contribution in [0.3, 0.4) is 0 Å². The van der Waals surface area contributed by atoms with Gasteiger partial charge in [0.05, 0.1) is 0 Å². The molecule has 92 valence electrons. The molecule has 0 bridgehead atoms. The van der Waals surface area contributed by atoms with Crippen molar-refractivity contribution in [1.29, 1.82) is 0 Å². The lowest BCUT2D eigenvalue weighted by atomic mass is 9.81. The normalized spacial score (nSPS) is 18.7. The number of Topliss-reactive ketones (excluding diaryl/α,β-unsaturated/α-hetero) is 1. The first kappa shape index (κ1) is 12.2. The van der Waals surface area contributed by atoms with Gasteiger partial charge in [0.25, 0.3) is 0 Å². The molecule has 1 atom stereocenters. The molecule has 2 nitrogen and oxygen atoms in total. The number of carbonyl (C=O) groups excluding carboxylic acids is 1. The zero-order chi connectivity index (χ0) is 12.6. The Labute approximate surface area is 103 Å². The van der Waals surface area contributed by atoms with Gasteiger partial charge in [0.1, 0.15) is 11.9 Å². The highest BCUT2D eigenvalue weighted by molar-refractivity contribution is 6.00. The van der Waals surface area contributed by atoms with Gasteiger partial charge in [-0.3, -0.25) is 4.79 Å². The van der Waals surface area contributed by atoms with E-state index in [4.69, 9.17) is 4.74 Å². The van der Waals surface area contributed by atoms with Crippen molar-refractivity contribution < 1.29 is 9.53 Å². The van der Waals surface area contributed by atoms with E-state index in [0.29, 0.717) is 0 Å². The number of hydrogen-bond donors (Lipinski definition) is 0. The molecule has 0 fully saturated rings. The van der Waals surface area contributed by atoms with Crippen LogP contribution in [0.4, 0.5) is 0 Å². The van der Waals surface area contributed by atoms with Crippen LogP contribution in [0.2, 0.25) is 0 Å². The van der Waals surface area contributed by atoms with Crippen LogP contribution in [0.15, 0.2) is 18.2 Å². The quantitative estimate of drug-likeness (QED) is 0.744. The van der Waals surface area contributed by atoms with Gasteiger partial charge in [0, 0.05) is 17.4 Å². The Morgan fingerprint density at radius 2 is 2.18 bits per heavy atom. The van der Waals surface area contributed by atoms with Crippen LogP contribution >= 0.6 is 0 Å². The fourth-order valence-corrected chi connectivity index (χ4v) is 2.11. The van der Waals surface area contributed by atoms with Gasteiger partial charge in [-0.05, 0) is 37.1 Å². The van der Waals surface area contributed by atoms with E-state index in [2.05, 4.69) is 13.8 Å². The van der Waals surface area contributed by atoms with Crippen molar-refractivity contribution in [1.82, 2.24) is 0 Å². The number of benzene rings is 1. The van der Waals surface area contributed by atoms with E-state index in [-0.39, 0.29) is 17.3 Å². The summed E-state index contributed by atoms with van der Waals surface area (Å²) < 4.78 is 5.64. The first-order valence-corrected chi connectivity index (χ1v) is 6.28. The van der Waals surface area contributed by atoms with Crippen molar-refractivity contribution in [2.45, 2.75) is 46.6 Å². The molecule has 1 unspecified atom stereocenters. The van der Waals surface area contributed by atoms with E-state index in [1.807, 2.05) is 32.0 Å². The Bertz CT molecular complexity index is 446. The molecule has 1 aromatic rings. The summed E-state index contributed by atoms with van der Waals surface area (Å²) in [6, 6.07) is 5.81. The Kier molecular flexibility index (Phi) is 2.98. The monoisotopic (exact) mass is 232 g/mol. The second-order valence-electron chi connectivity index (χ2n) is 5.52. The Hall–Kier alpha value is -1.31. The maximum absolute atomic E-state index is 12.3. The summed E-state index contributed by atoms with van der Waals surface area (Å²) in [5.74, 6) is 1.16. The first-order valence-electron chi connectivity index (χ1n) is 6.28. The van der Waals surface area contributed by atoms with Crippen LogP contribution in [-0.2, 0) is 6.42 Å². The third-order valence-electron chi connectivity index (χ3n) is 3.66. The van der Waals surface area contributed by atoms with Crippen LogP contribution in [0.5, 0.6) is 5.75 Å². The van der Waals surface area contributed by atoms with Gasteiger partial charge >= 0.3 is 0 Å². The first-order chi connectivity index (χ1) is 7.94. The Morgan fingerprint density at radius 3 is 2.82 bits per heavy atom. The number of ether oxygens (including phenoxy) is 1. The average Bonchev–Trinajstić information content (AvgIpc) is 2.66. The largest absolute Gasteiger partial charge is 0.490 e. The topological polar surface area (TPSA) is 26.3 Å². The summed E-state index contributed by atoms with van der Waals surface area (Å²) in [5, 5.41) is 0. The fourth-order valence-electron chi connectivity index (χ4n) is 2.11. The lowest BCUT2D eigenvalue weighted by Crippen LogP contribution is -2.23. The fraction of sp³-hybridized carbons (Fsp3) is 0.533. The number of ketones is 1. The Morgan fingerprint density at radius 1 is 1.47 bits per heavy atom. The maximum atomic E-state index is 12.3. The zero-order valence-electron chi connectivity index (χ0n) is 11.0. The molecule has 2 rings (SSSR count). The van der Waals surface area contributed by atoms with Crippen LogP contribution in [0, 0.1) is 5.41 Å². The van der Waals surface area contributed by atoms with Crippen molar-refractivity contribution in [2.24, 2.45) is 5.41 Å². The van der Waals surface area contributed by atoms with E-state index in [9.17, 15) is 4.79 Å². The van der Waals surface area contributed by atoms with Gasteiger partial charge in [-0.1, -0.05) is 20.8 Å². The molecule has 0 N–H and O–H groups in total. The predicted octanol–water partition coefficient (Wildman–Crippen LogP) is 3.63. The minimum absolute atomic E-state index is 0.224. The molecule has 0 saturated carbocycles. The summed E-state index contributed by atoms with van der Waals surface area (Å²) in [5.41, 5.74) is 1.70. The molecule has 0 spiro atoms. The van der Waals surface area contributed by atoms with Crippen LogP contribution in [-0.4, -0.2) is 11.9 Å². The molecule has 1 aliphatic rings. The van der Waals surface area contributed by atoms with Crippen molar-refractivity contribution in [3.63, 3.8) is 0 Å². The third kappa shape index (κ3) is 2.21. The summed E-state index contributed by atoms with van der Waals surface area (Å²) in [7, 11) is 0. The molecule has 2 heteroatoms.